The Kier molecular flexibility index (Phi) is 7.05. The molecule has 0 fully saturated rings. The highest BCUT2D eigenvalue weighted by Gasteiger charge is 2.30. The van der Waals surface area contributed by atoms with E-state index in [4.69, 9.17) is 20.4 Å². The molecule has 16 heavy (non-hydrogen) atoms. The molecule has 3 atom stereocenters. The van der Waals surface area contributed by atoms with E-state index in [1.165, 1.54) is 6.92 Å². The number of rotatable bonds is 8. The van der Waals surface area contributed by atoms with Crippen LogP contribution in [0.5, 0.6) is 0 Å². The van der Waals surface area contributed by atoms with Gasteiger partial charge in [0.1, 0.15) is 6.10 Å². The van der Waals surface area contributed by atoms with Crippen LogP contribution in [0.3, 0.4) is 0 Å². The van der Waals surface area contributed by atoms with Gasteiger partial charge in [-0.2, -0.15) is 0 Å². The van der Waals surface area contributed by atoms with Crippen LogP contribution in [0.25, 0.3) is 0 Å². The molecule has 0 aliphatic carbocycles. The maximum atomic E-state index is 9.48. The van der Waals surface area contributed by atoms with Gasteiger partial charge >= 0.3 is 0 Å². The predicted octanol–water partition coefficient (Wildman–Crippen LogP) is -2.17. The zero-order valence-electron chi connectivity index (χ0n) is 9.45. The van der Waals surface area contributed by atoms with E-state index in [9.17, 15) is 10.2 Å². The second-order valence-corrected chi connectivity index (χ2v) is 4.31. The summed E-state index contributed by atoms with van der Waals surface area (Å²) in [5.74, 6) is 0. The Bertz CT molecular complexity index is 172. The first kappa shape index (κ1) is 15.8. The second-order valence-electron chi connectivity index (χ2n) is 4.31. The molecule has 98 valence electrons. The van der Waals surface area contributed by atoms with E-state index in [0.29, 0.717) is 0 Å². The molecule has 6 nitrogen and oxygen atoms in total. The molecule has 0 heterocycles. The number of aliphatic hydroxyl groups excluding tert-OH is 6. The Morgan fingerprint density at radius 2 is 1.38 bits per heavy atom. The molecule has 0 aliphatic rings. The van der Waals surface area contributed by atoms with Crippen LogP contribution in [0.1, 0.15) is 19.8 Å². The van der Waals surface area contributed by atoms with Crippen molar-refractivity contribution in [2.24, 2.45) is 5.41 Å². The maximum absolute atomic E-state index is 9.48. The van der Waals surface area contributed by atoms with Crippen LogP contribution in [-0.2, 0) is 0 Å². The molecule has 0 amide bonds. The molecule has 6 N–H and O–H groups in total. The van der Waals surface area contributed by atoms with Crippen molar-refractivity contribution in [1.82, 2.24) is 0 Å². The molecule has 3 unspecified atom stereocenters. The third-order valence-electron chi connectivity index (χ3n) is 2.87. The molecular weight excluding hydrogens is 216 g/mol. The first-order valence-corrected chi connectivity index (χ1v) is 5.29. The fourth-order valence-corrected chi connectivity index (χ4v) is 1.33. The third-order valence-corrected chi connectivity index (χ3v) is 2.87. The number of hydrogen-bond donors (Lipinski definition) is 6. The van der Waals surface area contributed by atoms with Crippen LogP contribution < -0.4 is 0 Å². The van der Waals surface area contributed by atoms with E-state index in [1.807, 2.05) is 0 Å². The highest BCUT2D eigenvalue weighted by molar-refractivity contribution is 4.81. The van der Waals surface area contributed by atoms with Gasteiger partial charge in [0.2, 0.25) is 0 Å². The summed E-state index contributed by atoms with van der Waals surface area (Å²) in [5, 5.41) is 54.9. The van der Waals surface area contributed by atoms with E-state index >= 15 is 0 Å². The number of hydrogen-bond acceptors (Lipinski definition) is 6. The van der Waals surface area contributed by atoms with Crippen molar-refractivity contribution in [2.75, 3.05) is 19.8 Å². The van der Waals surface area contributed by atoms with Crippen molar-refractivity contribution in [3.63, 3.8) is 0 Å². The van der Waals surface area contributed by atoms with Crippen molar-refractivity contribution in [1.29, 1.82) is 0 Å². The van der Waals surface area contributed by atoms with Crippen molar-refractivity contribution in [3.05, 3.63) is 0 Å². The molecule has 6 heteroatoms. The van der Waals surface area contributed by atoms with Gasteiger partial charge in [0.25, 0.3) is 0 Å². The maximum Gasteiger partial charge on any atom is 0.105 e. The minimum absolute atomic E-state index is 0.0771. The fourth-order valence-electron chi connectivity index (χ4n) is 1.33. The van der Waals surface area contributed by atoms with E-state index in [1.54, 1.807) is 0 Å². The van der Waals surface area contributed by atoms with Crippen LogP contribution in [0.15, 0.2) is 0 Å². The van der Waals surface area contributed by atoms with E-state index in [2.05, 4.69) is 0 Å². The largest absolute Gasteiger partial charge is 0.396 e. The van der Waals surface area contributed by atoms with Crippen LogP contribution in [0, 0.1) is 5.41 Å². The molecule has 0 aromatic heterocycles. The van der Waals surface area contributed by atoms with Crippen LogP contribution in [0.4, 0.5) is 0 Å². The van der Waals surface area contributed by atoms with Crippen LogP contribution in [0.2, 0.25) is 0 Å². The Morgan fingerprint density at radius 3 is 1.69 bits per heavy atom. The zero-order valence-corrected chi connectivity index (χ0v) is 9.45. The first-order valence-electron chi connectivity index (χ1n) is 5.29. The standard InChI is InChI=1S/C10H22O6/c1-7(14)9(16)8(15)2-3-10(4-11,5-12)6-13/h7-9,11-16H,2-6H2,1H3. The fraction of sp³-hybridized carbons (Fsp3) is 1.00. The highest BCUT2D eigenvalue weighted by Crippen LogP contribution is 2.24. The lowest BCUT2D eigenvalue weighted by molar-refractivity contribution is -0.0674. The number of aliphatic hydroxyl groups is 6. The lowest BCUT2D eigenvalue weighted by atomic mass is 9.84. The van der Waals surface area contributed by atoms with Gasteiger partial charge in [0, 0.05) is 5.41 Å². The highest BCUT2D eigenvalue weighted by atomic mass is 16.4. The lowest BCUT2D eigenvalue weighted by Gasteiger charge is -2.29. The molecule has 0 aromatic rings. The summed E-state index contributed by atoms with van der Waals surface area (Å²) in [4.78, 5) is 0. The van der Waals surface area contributed by atoms with Gasteiger partial charge in [0.05, 0.1) is 32.0 Å². The first-order chi connectivity index (χ1) is 7.42. The molecule has 0 radical (unpaired) electrons. The molecule has 0 saturated carbocycles. The minimum Gasteiger partial charge on any atom is -0.396 e. The van der Waals surface area contributed by atoms with Gasteiger partial charge in [-0.25, -0.2) is 0 Å². The van der Waals surface area contributed by atoms with Crippen molar-refractivity contribution < 1.29 is 30.6 Å². The normalized spacial score (nSPS) is 18.2. The summed E-state index contributed by atoms with van der Waals surface area (Å²) in [6.45, 7) is 0.137. The van der Waals surface area contributed by atoms with Gasteiger partial charge in [-0.1, -0.05) is 0 Å². The summed E-state index contributed by atoms with van der Waals surface area (Å²) in [7, 11) is 0. The summed E-state index contributed by atoms with van der Waals surface area (Å²) in [5.41, 5.74) is -1.06. The van der Waals surface area contributed by atoms with Gasteiger partial charge in [-0.05, 0) is 19.8 Å². The van der Waals surface area contributed by atoms with Gasteiger partial charge in [-0.3, -0.25) is 0 Å². The molecule has 0 spiro atoms. The van der Waals surface area contributed by atoms with Crippen LogP contribution in [-0.4, -0.2) is 68.8 Å². The van der Waals surface area contributed by atoms with Gasteiger partial charge < -0.3 is 30.6 Å². The Hall–Kier alpha value is -0.240. The quantitative estimate of drug-likeness (QED) is 0.286. The smallest absolute Gasteiger partial charge is 0.105 e. The SMILES string of the molecule is CC(O)C(O)C(O)CCC(CO)(CO)CO. The minimum atomic E-state index is -1.27. The molecule has 0 saturated heterocycles. The Labute approximate surface area is 94.8 Å². The van der Waals surface area contributed by atoms with Crippen LogP contribution >= 0.6 is 0 Å². The van der Waals surface area contributed by atoms with Gasteiger partial charge in [-0.15, -0.1) is 0 Å². The van der Waals surface area contributed by atoms with Crippen molar-refractivity contribution in [3.8, 4) is 0 Å². The van der Waals surface area contributed by atoms with Crippen molar-refractivity contribution >= 4 is 0 Å². The average Bonchev–Trinajstić information content (AvgIpc) is 2.30. The topological polar surface area (TPSA) is 121 Å². The Morgan fingerprint density at radius 1 is 0.938 bits per heavy atom. The predicted molar refractivity (Wildman–Crippen MR) is 56.6 cm³/mol. The van der Waals surface area contributed by atoms with Crippen molar-refractivity contribution in [2.45, 2.75) is 38.1 Å². The molecule has 0 aromatic carbocycles. The summed E-state index contributed by atoms with van der Waals surface area (Å²) in [6.07, 6.45) is -3.24. The third kappa shape index (κ3) is 4.32. The summed E-state index contributed by atoms with van der Waals surface area (Å²) in [6, 6.07) is 0. The summed E-state index contributed by atoms with van der Waals surface area (Å²) >= 11 is 0. The molecule has 0 rings (SSSR count). The molecule has 0 bridgehead atoms. The van der Waals surface area contributed by atoms with E-state index < -0.39 is 43.5 Å². The Balaban J connectivity index is 4.20. The zero-order chi connectivity index (χ0) is 12.8. The van der Waals surface area contributed by atoms with E-state index in [-0.39, 0.29) is 12.8 Å². The summed E-state index contributed by atoms with van der Waals surface area (Å²) < 4.78 is 0. The second kappa shape index (κ2) is 7.16. The average molecular weight is 238 g/mol. The van der Waals surface area contributed by atoms with E-state index in [0.717, 1.165) is 0 Å². The monoisotopic (exact) mass is 238 g/mol. The van der Waals surface area contributed by atoms with Gasteiger partial charge in [0.15, 0.2) is 0 Å². The lowest BCUT2D eigenvalue weighted by Crippen LogP contribution is -2.39. The molecular formula is C10H22O6. The molecule has 0 aliphatic heterocycles.